The summed E-state index contributed by atoms with van der Waals surface area (Å²) >= 11 is 4.99. The molecular formula is C22H25N3O4S. The van der Waals surface area contributed by atoms with Gasteiger partial charge >= 0.3 is 0 Å². The highest BCUT2D eigenvalue weighted by atomic mass is 32.1. The van der Waals surface area contributed by atoms with Crippen molar-refractivity contribution in [2.75, 3.05) is 13.7 Å². The van der Waals surface area contributed by atoms with Crippen molar-refractivity contribution in [1.82, 2.24) is 16.2 Å². The fourth-order valence-corrected chi connectivity index (χ4v) is 2.57. The average molecular weight is 428 g/mol. The van der Waals surface area contributed by atoms with Crippen LogP contribution in [0.15, 0.2) is 54.6 Å². The number of benzene rings is 2. The molecule has 0 bridgehead atoms. The summed E-state index contributed by atoms with van der Waals surface area (Å²) in [5.74, 6) is 0.769. The van der Waals surface area contributed by atoms with Crippen molar-refractivity contribution in [3.8, 4) is 11.5 Å². The molecule has 2 aromatic carbocycles. The van der Waals surface area contributed by atoms with Crippen molar-refractivity contribution in [3.63, 3.8) is 0 Å². The van der Waals surface area contributed by atoms with Gasteiger partial charge in [0.15, 0.2) is 11.7 Å². The Morgan fingerprint density at radius 1 is 1.07 bits per heavy atom. The van der Waals surface area contributed by atoms with Gasteiger partial charge in [-0.15, -0.1) is 0 Å². The van der Waals surface area contributed by atoms with E-state index in [-0.39, 0.29) is 11.7 Å². The predicted molar refractivity (Wildman–Crippen MR) is 120 cm³/mol. The first kappa shape index (κ1) is 22.9. The first-order valence-corrected chi connectivity index (χ1v) is 9.73. The Balaban J connectivity index is 1.72. The Kier molecular flexibility index (Phi) is 8.83. The number of rotatable bonds is 7. The smallest absolute Gasteiger partial charge is 0.276 e. The van der Waals surface area contributed by atoms with E-state index in [4.69, 9.17) is 21.7 Å². The summed E-state index contributed by atoms with van der Waals surface area (Å²) < 4.78 is 10.6. The number of ether oxygens (including phenoxy) is 2. The number of hydrogen-bond donors (Lipinski definition) is 3. The second-order valence-electron chi connectivity index (χ2n) is 6.58. The first-order chi connectivity index (χ1) is 14.4. The summed E-state index contributed by atoms with van der Waals surface area (Å²) in [5.41, 5.74) is 6.76. The van der Waals surface area contributed by atoms with Gasteiger partial charge < -0.3 is 9.47 Å². The van der Waals surface area contributed by atoms with Gasteiger partial charge in [0.05, 0.1) is 7.11 Å². The van der Waals surface area contributed by atoms with Gasteiger partial charge in [-0.05, 0) is 48.0 Å². The fraction of sp³-hybridized carbons (Fsp3) is 0.227. The number of carbonyl (C=O) groups is 2. The molecular weight excluding hydrogens is 402 g/mol. The van der Waals surface area contributed by atoms with Crippen molar-refractivity contribution in [1.29, 1.82) is 0 Å². The SMILES string of the molecule is COc1ccccc1C=CC(=O)NC(=S)NNC(=O)COc1ccc(C(C)C)cc1. The standard InChI is InChI=1S/C22H25N3O4S/c1-15(2)16-8-11-18(12-9-16)29-14-21(27)24-25-22(30)23-20(26)13-10-17-6-4-5-7-19(17)28-3/h4-13,15H,14H2,1-3H3,(H,24,27)(H2,23,25,26,30). The highest BCUT2D eigenvalue weighted by molar-refractivity contribution is 7.80. The number of hydrazine groups is 1. The number of methoxy groups -OCH3 is 1. The number of thiocarbonyl (C=S) groups is 1. The van der Waals surface area contributed by atoms with Crippen LogP contribution in [0, 0.1) is 0 Å². The van der Waals surface area contributed by atoms with Gasteiger partial charge in [0, 0.05) is 11.6 Å². The minimum Gasteiger partial charge on any atom is -0.496 e. The van der Waals surface area contributed by atoms with Crippen LogP contribution in [-0.2, 0) is 9.59 Å². The molecule has 2 aromatic rings. The predicted octanol–water partition coefficient (Wildman–Crippen LogP) is 2.93. The topological polar surface area (TPSA) is 88.7 Å². The van der Waals surface area contributed by atoms with Crippen molar-refractivity contribution < 1.29 is 19.1 Å². The van der Waals surface area contributed by atoms with Crippen LogP contribution in [0.4, 0.5) is 0 Å². The lowest BCUT2D eigenvalue weighted by atomic mass is 10.0. The molecule has 0 aromatic heterocycles. The molecule has 2 rings (SSSR count). The molecule has 30 heavy (non-hydrogen) atoms. The second-order valence-corrected chi connectivity index (χ2v) is 6.99. The lowest BCUT2D eigenvalue weighted by molar-refractivity contribution is -0.123. The summed E-state index contributed by atoms with van der Waals surface area (Å²) in [6.07, 6.45) is 2.92. The second kappa shape index (κ2) is 11.6. The summed E-state index contributed by atoms with van der Waals surface area (Å²) in [5, 5.41) is 2.39. The third-order valence-electron chi connectivity index (χ3n) is 4.02. The zero-order chi connectivity index (χ0) is 21.9. The Morgan fingerprint density at radius 2 is 1.77 bits per heavy atom. The molecule has 0 atom stereocenters. The Bertz CT molecular complexity index is 911. The van der Waals surface area contributed by atoms with Crippen LogP contribution in [0.5, 0.6) is 11.5 Å². The Hall–Kier alpha value is -3.39. The van der Waals surface area contributed by atoms with Gasteiger partial charge in [0.1, 0.15) is 11.5 Å². The molecule has 8 heteroatoms. The average Bonchev–Trinajstić information content (AvgIpc) is 2.75. The van der Waals surface area contributed by atoms with E-state index >= 15 is 0 Å². The molecule has 158 valence electrons. The van der Waals surface area contributed by atoms with Crippen molar-refractivity contribution in [3.05, 3.63) is 65.7 Å². The largest absolute Gasteiger partial charge is 0.496 e. The van der Waals surface area contributed by atoms with Crippen LogP contribution in [0.25, 0.3) is 6.08 Å². The summed E-state index contributed by atoms with van der Waals surface area (Å²) in [4.78, 5) is 23.8. The third-order valence-corrected chi connectivity index (χ3v) is 4.23. The molecule has 0 saturated carbocycles. The summed E-state index contributed by atoms with van der Waals surface area (Å²) in [6, 6.07) is 14.8. The maximum absolute atomic E-state index is 12.0. The van der Waals surface area contributed by atoms with Crippen LogP contribution in [-0.4, -0.2) is 30.6 Å². The first-order valence-electron chi connectivity index (χ1n) is 9.32. The molecule has 3 N–H and O–H groups in total. The van der Waals surface area contributed by atoms with E-state index in [1.54, 1.807) is 19.3 Å². The van der Waals surface area contributed by atoms with E-state index in [0.717, 1.165) is 5.56 Å². The van der Waals surface area contributed by atoms with E-state index in [1.165, 1.54) is 11.6 Å². The van der Waals surface area contributed by atoms with Gasteiger partial charge in [-0.3, -0.25) is 25.8 Å². The Morgan fingerprint density at radius 3 is 2.43 bits per heavy atom. The lowest BCUT2D eigenvalue weighted by Crippen LogP contribution is -2.49. The van der Waals surface area contributed by atoms with Crippen LogP contribution in [0.2, 0.25) is 0 Å². The minimum absolute atomic E-state index is 0.0423. The van der Waals surface area contributed by atoms with Gasteiger partial charge in [-0.2, -0.15) is 0 Å². The lowest BCUT2D eigenvalue weighted by Gasteiger charge is -2.11. The summed E-state index contributed by atoms with van der Waals surface area (Å²) in [7, 11) is 1.55. The quantitative estimate of drug-likeness (QED) is 0.358. The molecule has 0 aliphatic rings. The van der Waals surface area contributed by atoms with E-state index in [0.29, 0.717) is 17.4 Å². The molecule has 0 spiro atoms. The fourth-order valence-electron chi connectivity index (χ4n) is 2.41. The van der Waals surface area contributed by atoms with Crippen molar-refractivity contribution in [2.45, 2.75) is 19.8 Å². The van der Waals surface area contributed by atoms with E-state index in [9.17, 15) is 9.59 Å². The molecule has 2 amide bonds. The highest BCUT2D eigenvalue weighted by Gasteiger charge is 2.06. The number of nitrogens with one attached hydrogen (secondary N) is 3. The third kappa shape index (κ3) is 7.56. The molecule has 0 unspecified atom stereocenters. The van der Waals surface area contributed by atoms with E-state index in [1.807, 2.05) is 42.5 Å². The monoisotopic (exact) mass is 427 g/mol. The van der Waals surface area contributed by atoms with Crippen LogP contribution >= 0.6 is 12.2 Å². The van der Waals surface area contributed by atoms with Gasteiger partial charge in [0.2, 0.25) is 5.91 Å². The summed E-state index contributed by atoms with van der Waals surface area (Å²) in [6.45, 7) is 4.01. The number of para-hydroxylation sites is 1. The molecule has 0 saturated heterocycles. The van der Waals surface area contributed by atoms with Crippen LogP contribution < -0.4 is 25.6 Å². The van der Waals surface area contributed by atoms with Gasteiger partial charge in [-0.1, -0.05) is 44.2 Å². The molecule has 0 radical (unpaired) electrons. The molecule has 0 aliphatic carbocycles. The molecule has 0 heterocycles. The van der Waals surface area contributed by atoms with Gasteiger partial charge in [0.25, 0.3) is 5.91 Å². The maximum atomic E-state index is 12.0. The van der Waals surface area contributed by atoms with Gasteiger partial charge in [-0.25, -0.2) is 0 Å². The zero-order valence-corrected chi connectivity index (χ0v) is 17.9. The normalized spacial score (nSPS) is 10.5. The van der Waals surface area contributed by atoms with Crippen LogP contribution in [0.1, 0.15) is 30.9 Å². The molecule has 7 nitrogen and oxygen atoms in total. The maximum Gasteiger partial charge on any atom is 0.276 e. The van der Waals surface area contributed by atoms with Crippen molar-refractivity contribution in [2.24, 2.45) is 0 Å². The van der Waals surface area contributed by atoms with E-state index in [2.05, 4.69) is 30.0 Å². The zero-order valence-electron chi connectivity index (χ0n) is 17.1. The van der Waals surface area contributed by atoms with Crippen molar-refractivity contribution >= 4 is 35.2 Å². The number of amides is 2. The molecule has 0 aliphatic heterocycles. The minimum atomic E-state index is -0.450. The van der Waals surface area contributed by atoms with Crippen LogP contribution in [0.3, 0.4) is 0 Å². The van der Waals surface area contributed by atoms with E-state index < -0.39 is 11.8 Å². The molecule has 0 fully saturated rings. The number of carbonyl (C=O) groups excluding carboxylic acids is 2. The Labute approximate surface area is 181 Å². The number of hydrogen-bond acceptors (Lipinski definition) is 5. The highest BCUT2D eigenvalue weighted by Crippen LogP contribution is 2.19.